The fourth-order valence-corrected chi connectivity index (χ4v) is 2.94. The van der Waals surface area contributed by atoms with Crippen LogP contribution in [0.3, 0.4) is 0 Å². The maximum absolute atomic E-state index is 12.7. The van der Waals surface area contributed by atoms with Crippen molar-refractivity contribution in [3.05, 3.63) is 23.9 Å². The number of ether oxygens (including phenoxy) is 3. The summed E-state index contributed by atoms with van der Waals surface area (Å²) in [6, 6.07) is 2.74. The van der Waals surface area contributed by atoms with E-state index in [1.807, 2.05) is 0 Å². The van der Waals surface area contributed by atoms with Crippen LogP contribution in [0.2, 0.25) is 0 Å². The minimum atomic E-state index is -0.506. The molecule has 0 aromatic carbocycles. The zero-order chi connectivity index (χ0) is 16.2. The predicted octanol–water partition coefficient (Wildman–Crippen LogP) is 1.03. The molecule has 1 amide bonds. The summed E-state index contributed by atoms with van der Waals surface area (Å²) in [5, 5.41) is 0. The second-order valence-electron chi connectivity index (χ2n) is 5.67. The average molecular weight is 320 g/mol. The van der Waals surface area contributed by atoms with Crippen molar-refractivity contribution in [2.45, 2.75) is 31.4 Å². The lowest BCUT2D eigenvalue weighted by Gasteiger charge is -2.22. The number of carbonyl (C=O) groups excluding carboxylic acids is 2. The van der Waals surface area contributed by atoms with E-state index >= 15 is 0 Å². The third-order valence-corrected chi connectivity index (χ3v) is 4.14. The lowest BCUT2D eigenvalue weighted by Crippen LogP contribution is -2.41. The molecule has 3 heterocycles. The Balaban J connectivity index is 1.72. The van der Waals surface area contributed by atoms with Crippen LogP contribution in [-0.4, -0.2) is 60.8 Å². The van der Waals surface area contributed by atoms with Gasteiger partial charge in [0, 0.05) is 30.8 Å². The Morgan fingerprint density at radius 2 is 2.26 bits per heavy atom. The quantitative estimate of drug-likeness (QED) is 0.771. The smallest absolute Gasteiger partial charge is 0.328 e. The number of esters is 1. The summed E-state index contributed by atoms with van der Waals surface area (Å²) < 4.78 is 15.8. The zero-order valence-corrected chi connectivity index (χ0v) is 13.1. The van der Waals surface area contributed by atoms with Crippen LogP contribution in [0.5, 0.6) is 5.88 Å². The summed E-state index contributed by atoms with van der Waals surface area (Å²) in [4.78, 5) is 30.2. The SMILES string of the molecule is COC(=O)C1CCCN1C(=O)c1ccnc(OC2CCOC2)c1. The summed E-state index contributed by atoms with van der Waals surface area (Å²) in [5.74, 6) is -0.169. The van der Waals surface area contributed by atoms with Crippen LogP contribution in [0.15, 0.2) is 18.3 Å². The molecule has 0 radical (unpaired) electrons. The fraction of sp³-hybridized carbons (Fsp3) is 0.562. The van der Waals surface area contributed by atoms with Gasteiger partial charge in [-0.15, -0.1) is 0 Å². The molecular weight excluding hydrogens is 300 g/mol. The second-order valence-corrected chi connectivity index (χ2v) is 5.67. The zero-order valence-electron chi connectivity index (χ0n) is 13.1. The maximum atomic E-state index is 12.7. The maximum Gasteiger partial charge on any atom is 0.328 e. The van der Waals surface area contributed by atoms with Crippen LogP contribution in [0.1, 0.15) is 29.6 Å². The molecule has 0 spiro atoms. The predicted molar refractivity (Wildman–Crippen MR) is 80.2 cm³/mol. The van der Waals surface area contributed by atoms with Crippen molar-refractivity contribution >= 4 is 11.9 Å². The van der Waals surface area contributed by atoms with Crippen LogP contribution >= 0.6 is 0 Å². The Morgan fingerprint density at radius 3 is 3.00 bits per heavy atom. The minimum absolute atomic E-state index is 0.0255. The van der Waals surface area contributed by atoms with Crippen molar-refractivity contribution in [1.29, 1.82) is 0 Å². The summed E-state index contributed by atoms with van der Waals surface area (Å²) in [5.41, 5.74) is 0.463. The number of rotatable bonds is 4. The van der Waals surface area contributed by atoms with Gasteiger partial charge in [0.2, 0.25) is 5.88 Å². The van der Waals surface area contributed by atoms with Gasteiger partial charge in [0.05, 0.1) is 20.3 Å². The first kappa shape index (κ1) is 15.7. The Bertz CT molecular complexity index is 586. The van der Waals surface area contributed by atoms with Gasteiger partial charge in [-0.05, 0) is 18.9 Å². The average Bonchev–Trinajstić information content (AvgIpc) is 3.25. The normalized spacial score (nSPS) is 23.8. The standard InChI is InChI=1S/C16H20N2O5/c1-21-16(20)13-3-2-7-18(13)15(19)11-4-6-17-14(9-11)23-12-5-8-22-10-12/h4,6,9,12-13H,2-3,5,7-8,10H2,1H3. The van der Waals surface area contributed by atoms with Gasteiger partial charge in [-0.1, -0.05) is 0 Å². The number of hydrogen-bond acceptors (Lipinski definition) is 6. The number of nitrogens with zero attached hydrogens (tertiary/aromatic N) is 2. The molecule has 7 heteroatoms. The monoisotopic (exact) mass is 320 g/mol. The van der Waals surface area contributed by atoms with Gasteiger partial charge in [-0.3, -0.25) is 4.79 Å². The lowest BCUT2D eigenvalue weighted by molar-refractivity contribution is -0.145. The van der Waals surface area contributed by atoms with E-state index in [-0.39, 0.29) is 18.0 Å². The van der Waals surface area contributed by atoms with E-state index in [2.05, 4.69) is 4.98 Å². The molecule has 3 rings (SSSR count). The molecule has 2 unspecified atom stereocenters. The van der Waals surface area contributed by atoms with Crippen LogP contribution in [0.4, 0.5) is 0 Å². The van der Waals surface area contributed by atoms with Crippen LogP contribution in [0.25, 0.3) is 0 Å². The van der Waals surface area contributed by atoms with E-state index in [9.17, 15) is 9.59 Å². The van der Waals surface area contributed by atoms with E-state index in [1.54, 1.807) is 23.2 Å². The molecular formula is C16H20N2O5. The summed E-state index contributed by atoms with van der Waals surface area (Å²) in [6.07, 6.45) is 3.76. The number of amides is 1. The molecule has 2 aliphatic heterocycles. The molecule has 0 saturated carbocycles. The first-order valence-corrected chi connectivity index (χ1v) is 7.78. The van der Waals surface area contributed by atoms with Crippen molar-refractivity contribution in [1.82, 2.24) is 9.88 Å². The number of carbonyl (C=O) groups is 2. The van der Waals surface area contributed by atoms with Gasteiger partial charge in [0.15, 0.2) is 0 Å². The molecule has 0 bridgehead atoms. The summed E-state index contributed by atoms with van der Waals surface area (Å²) in [6.45, 7) is 1.77. The number of hydrogen-bond donors (Lipinski definition) is 0. The minimum Gasteiger partial charge on any atom is -0.472 e. The van der Waals surface area contributed by atoms with E-state index in [4.69, 9.17) is 14.2 Å². The molecule has 23 heavy (non-hydrogen) atoms. The molecule has 124 valence electrons. The molecule has 7 nitrogen and oxygen atoms in total. The molecule has 2 saturated heterocycles. The molecule has 2 aliphatic rings. The fourth-order valence-electron chi connectivity index (χ4n) is 2.94. The molecule has 0 N–H and O–H groups in total. The Labute approximate surface area is 134 Å². The van der Waals surface area contributed by atoms with E-state index in [0.29, 0.717) is 37.6 Å². The van der Waals surface area contributed by atoms with Gasteiger partial charge in [-0.2, -0.15) is 0 Å². The highest BCUT2D eigenvalue weighted by molar-refractivity contribution is 5.97. The van der Waals surface area contributed by atoms with Crippen molar-refractivity contribution < 1.29 is 23.8 Å². The van der Waals surface area contributed by atoms with Crippen LogP contribution in [-0.2, 0) is 14.3 Å². The summed E-state index contributed by atoms with van der Waals surface area (Å²) in [7, 11) is 1.34. The van der Waals surface area contributed by atoms with Gasteiger partial charge in [0.25, 0.3) is 5.91 Å². The molecule has 0 aliphatic carbocycles. The summed E-state index contributed by atoms with van der Waals surface area (Å²) >= 11 is 0. The first-order chi connectivity index (χ1) is 11.2. The van der Waals surface area contributed by atoms with Gasteiger partial charge >= 0.3 is 5.97 Å². The third-order valence-electron chi connectivity index (χ3n) is 4.14. The van der Waals surface area contributed by atoms with Crippen molar-refractivity contribution in [2.24, 2.45) is 0 Å². The first-order valence-electron chi connectivity index (χ1n) is 7.78. The van der Waals surface area contributed by atoms with E-state index < -0.39 is 6.04 Å². The number of pyridine rings is 1. The van der Waals surface area contributed by atoms with Crippen molar-refractivity contribution in [3.8, 4) is 5.88 Å². The molecule has 2 fully saturated rings. The van der Waals surface area contributed by atoms with Crippen LogP contribution in [0, 0.1) is 0 Å². The van der Waals surface area contributed by atoms with Crippen molar-refractivity contribution in [3.63, 3.8) is 0 Å². The van der Waals surface area contributed by atoms with Gasteiger partial charge in [-0.25, -0.2) is 9.78 Å². The van der Waals surface area contributed by atoms with E-state index in [1.165, 1.54) is 7.11 Å². The Kier molecular flexibility index (Phi) is 4.76. The Hall–Kier alpha value is -2.15. The highest BCUT2D eigenvalue weighted by Crippen LogP contribution is 2.23. The van der Waals surface area contributed by atoms with Crippen molar-refractivity contribution in [2.75, 3.05) is 26.9 Å². The number of methoxy groups -OCH3 is 1. The van der Waals surface area contributed by atoms with Crippen LogP contribution < -0.4 is 4.74 Å². The molecule has 1 aromatic heterocycles. The Morgan fingerprint density at radius 1 is 1.39 bits per heavy atom. The highest BCUT2D eigenvalue weighted by Gasteiger charge is 2.35. The van der Waals surface area contributed by atoms with E-state index in [0.717, 1.165) is 12.8 Å². The number of aromatic nitrogens is 1. The second kappa shape index (κ2) is 6.95. The third kappa shape index (κ3) is 3.44. The number of likely N-dealkylation sites (tertiary alicyclic amines) is 1. The largest absolute Gasteiger partial charge is 0.472 e. The highest BCUT2D eigenvalue weighted by atomic mass is 16.5. The molecule has 1 aromatic rings. The molecule has 2 atom stereocenters. The lowest BCUT2D eigenvalue weighted by atomic mass is 10.2. The van der Waals surface area contributed by atoms with Gasteiger partial charge in [0.1, 0.15) is 12.1 Å². The van der Waals surface area contributed by atoms with Gasteiger partial charge < -0.3 is 19.1 Å². The topological polar surface area (TPSA) is 78.0 Å².